The number of ether oxygens (including phenoxy) is 2. The standard InChI is InChI=1S/C12H15BrN2O2/c13-8-1-2-11(14-4-9-6-16-9)12(3-8)15-5-10-7-17-10/h1-3,9-10,14-15H,4-7H2/t9-,10-/m0/s1. The lowest BCUT2D eigenvalue weighted by molar-refractivity contribution is 0.416. The molecule has 2 fully saturated rings. The van der Waals surface area contributed by atoms with Crippen LogP contribution in [0.4, 0.5) is 11.4 Å². The Labute approximate surface area is 109 Å². The van der Waals surface area contributed by atoms with E-state index >= 15 is 0 Å². The summed E-state index contributed by atoms with van der Waals surface area (Å²) in [5.74, 6) is 0. The minimum Gasteiger partial charge on any atom is -0.381 e. The van der Waals surface area contributed by atoms with Crippen molar-refractivity contribution in [3.05, 3.63) is 22.7 Å². The number of epoxide rings is 2. The maximum absolute atomic E-state index is 5.19. The monoisotopic (exact) mass is 298 g/mol. The minimum absolute atomic E-state index is 0.383. The molecule has 2 N–H and O–H groups in total. The molecule has 1 aromatic rings. The molecule has 0 unspecified atom stereocenters. The predicted octanol–water partition coefficient (Wildman–Crippen LogP) is 2.07. The maximum Gasteiger partial charge on any atom is 0.0981 e. The van der Waals surface area contributed by atoms with Crippen molar-refractivity contribution in [3.63, 3.8) is 0 Å². The molecular weight excluding hydrogens is 284 g/mol. The van der Waals surface area contributed by atoms with Crippen LogP contribution in [0.3, 0.4) is 0 Å². The molecule has 2 atom stereocenters. The van der Waals surface area contributed by atoms with Gasteiger partial charge < -0.3 is 20.1 Å². The van der Waals surface area contributed by atoms with Crippen LogP contribution in [-0.2, 0) is 9.47 Å². The van der Waals surface area contributed by atoms with Gasteiger partial charge in [0.1, 0.15) is 0 Å². The summed E-state index contributed by atoms with van der Waals surface area (Å²) >= 11 is 3.49. The van der Waals surface area contributed by atoms with Gasteiger partial charge in [0.25, 0.3) is 0 Å². The van der Waals surface area contributed by atoms with Crippen LogP contribution in [0.2, 0.25) is 0 Å². The van der Waals surface area contributed by atoms with Crippen LogP contribution in [0.5, 0.6) is 0 Å². The van der Waals surface area contributed by atoms with Gasteiger partial charge in [0, 0.05) is 17.6 Å². The van der Waals surface area contributed by atoms with Gasteiger partial charge in [-0.15, -0.1) is 0 Å². The van der Waals surface area contributed by atoms with E-state index in [0.717, 1.165) is 42.2 Å². The molecule has 0 aliphatic carbocycles. The molecule has 5 heteroatoms. The summed E-state index contributed by atoms with van der Waals surface area (Å²) in [6.07, 6.45) is 0.770. The highest BCUT2D eigenvalue weighted by Gasteiger charge is 2.23. The lowest BCUT2D eigenvalue weighted by Gasteiger charge is -2.13. The highest BCUT2D eigenvalue weighted by Crippen LogP contribution is 2.27. The van der Waals surface area contributed by atoms with Gasteiger partial charge in [-0.1, -0.05) is 15.9 Å². The summed E-state index contributed by atoms with van der Waals surface area (Å²) in [5.41, 5.74) is 2.22. The zero-order chi connectivity index (χ0) is 11.7. The molecule has 4 nitrogen and oxygen atoms in total. The smallest absolute Gasteiger partial charge is 0.0981 e. The topological polar surface area (TPSA) is 49.1 Å². The zero-order valence-electron chi connectivity index (χ0n) is 9.41. The van der Waals surface area contributed by atoms with E-state index in [1.54, 1.807) is 0 Å². The molecule has 0 spiro atoms. The first-order valence-electron chi connectivity index (χ1n) is 5.82. The number of anilines is 2. The summed E-state index contributed by atoms with van der Waals surface area (Å²) in [5, 5.41) is 6.80. The molecule has 2 saturated heterocycles. The molecule has 2 heterocycles. The van der Waals surface area contributed by atoms with Crippen LogP contribution >= 0.6 is 15.9 Å². The summed E-state index contributed by atoms with van der Waals surface area (Å²) in [4.78, 5) is 0. The van der Waals surface area contributed by atoms with Gasteiger partial charge in [-0.3, -0.25) is 0 Å². The highest BCUT2D eigenvalue weighted by molar-refractivity contribution is 9.10. The van der Waals surface area contributed by atoms with E-state index in [9.17, 15) is 0 Å². The van der Waals surface area contributed by atoms with Crippen LogP contribution in [0.1, 0.15) is 0 Å². The second-order valence-corrected chi connectivity index (χ2v) is 5.28. The van der Waals surface area contributed by atoms with Crippen LogP contribution in [0, 0.1) is 0 Å². The van der Waals surface area contributed by atoms with E-state index < -0.39 is 0 Å². The van der Waals surface area contributed by atoms with Crippen molar-refractivity contribution < 1.29 is 9.47 Å². The van der Waals surface area contributed by atoms with E-state index in [-0.39, 0.29) is 0 Å². The fourth-order valence-electron chi connectivity index (χ4n) is 1.64. The molecule has 0 aromatic heterocycles. The van der Waals surface area contributed by atoms with Gasteiger partial charge in [0.15, 0.2) is 0 Å². The van der Waals surface area contributed by atoms with Crippen LogP contribution in [-0.4, -0.2) is 38.5 Å². The Bertz CT molecular complexity index is 405. The molecule has 0 radical (unpaired) electrons. The Kier molecular flexibility index (Phi) is 3.22. The Morgan fingerprint density at radius 3 is 2.24 bits per heavy atom. The second kappa shape index (κ2) is 4.84. The van der Waals surface area contributed by atoms with Crippen molar-refractivity contribution in [1.29, 1.82) is 0 Å². The van der Waals surface area contributed by atoms with Crippen molar-refractivity contribution in [2.24, 2.45) is 0 Å². The van der Waals surface area contributed by atoms with Gasteiger partial charge in [-0.05, 0) is 18.2 Å². The third kappa shape index (κ3) is 3.34. The van der Waals surface area contributed by atoms with Crippen LogP contribution in [0.25, 0.3) is 0 Å². The molecule has 2 aliphatic rings. The van der Waals surface area contributed by atoms with Crippen molar-refractivity contribution in [2.75, 3.05) is 36.9 Å². The van der Waals surface area contributed by atoms with E-state index in [4.69, 9.17) is 9.47 Å². The number of halogens is 1. The Hall–Kier alpha value is -0.780. The van der Waals surface area contributed by atoms with E-state index in [0.29, 0.717) is 12.2 Å². The molecular formula is C12H15BrN2O2. The van der Waals surface area contributed by atoms with Gasteiger partial charge in [-0.25, -0.2) is 0 Å². The molecule has 2 aliphatic heterocycles. The van der Waals surface area contributed by atoms with Crippen molar-refractivity contribution >= 4 is 27.3 Å². The van der Waals surface area contributed by atoms with Gasteiger partial charge in [-0.2, -0.15) is 0 Å². The van der Waals surface area contributed by atoms with E-state index in [1.165, 1.54) is 0 Å². The molecule has 1 aromatic carbocycles. The summed E-state index contributed by atoms with van der Waals surface area (Å²) in [6, 6.07) is 6.19. The van der Waals surface area contributed by atoms with Crippen molar-refractivity contribution in [2.45, 2.75) is 12.2 Å². The zero-order valence-corrected chi connectivity index (χ0v) is 11.0. The fourth-order valence-corrected chi connectivity index (χ4v) is 2.00. The quantitative estimate of drug-likeness (QED) is 0.790. The number of hydrogen-bond donors (Lipinski definition) is 2. The summed E-state index contributed by atoms with van der Waals surface area (Å²) in [6.45, 7) is 3.49. The molecule has 17 heavy (non-hydrogen) atoms. The third-order valence-corrected chi connectivity index (χ3v) is 3.32. The first-order chi connectivity index (χ1) is 8.31. The Morgan fingerprint density at radius 1 is 1.06 bits per heavy atom. The lowest BCUT2D eigenvalue weighted by Crippen LogP contribution is -2.12. The molecule has 0 amide bonds. The molecule has 0 bridgehead atoms. The number of benzene rings is 1. The van der Waals surface area contributed by atoms with Gasteiger partial charge in [0.05, 0.1) is 36.8 Å². The Morgan fingerprint density at radius 2 is 1.65 bits per heavy atom. The van der Waals surface area contributed by atoms with Gasteiger partial charge in [0.2, 0.25) is 0 Å². The average molecular weight is 299 g/mol. The lowest BCUT2D eigenvalue weighted by atomic mass is 10.2. The number of rotatable bonds is 6. The third-order valence-electron chi connectivity index (χ3n) is 2.83. The average Bonchev–Trinajstić information content (AvgIpc) is 3.18. The van der Waals surface area contributed by atoms with Crippen molar-refractivity contribution in [1.82, 2.24) is 0 Å². The molecule has 0 saturated carbocycles. The molecule has 3 rings (SSSR count). The Balaban J connectivity index is 1.64. The first-order valence-corrected chi connectivity index (χ1v) is 6.61. The van der Waals surface area contributed by atoms with Crippen LogP contribution in [0.15, 0.2) is 22.7 Å². The summed E-state index contributed by atoms with van der Waals surface area (Å²) < 4.78 is 11.5. The number of nitrogens with one attached hydrogen (secondary N) is 2. The highest BCUT2D eigenvalue weighted by atomic mass is 79.9. The molecule has 92 valence electrons. The SMILES string of the molecule is Brc1ccc(NC[C@H]2CO2)c(NC[C@H]2CO2)c1. The maximum atomic E-state index is 5.19. The second-order valence-electron chi connectivity index (χ2n) is 4.36. The predicted molar refractivity (Wildman–Crippen MR) is 70.6 cm³/mol. The normalized spacial score (nSPS) is 25.5. The minimum atomic E-state index is 0.383. The first kappa shape index (κ1) is 11.3. The van der Waals surface area contributed by atoms with E-state index in [1.807, 2.05) is 6.07 Å². The van der Waals surface area contributed by atoms with Crippen molar-refractivity contribution in [3.8, 4) is 0 Å². The van der Waals surface area contributed by atoms with Gasteiger partial charge >= 0.3 is 0 Å². The fraction of sp³-hybridized carbons (Fsp3) is 0.500. The van der Waals surface area contributed by atoms with Crippen LogP contribution < -0.4 is 10.6 Å². The number of hydrogen-bond acceptors (Lipinski definition) is 4. The van der Waals surface area contributed by atoms with E-state index in [2.05, 4.69) is 38.7 Å². The summed E-state index contributed by atoms with van der Waals surface area (Å²) in [7, 11) is 0. The largest absolute Gasteiger partial charge is 0.381 e.